The first-order chi connectivity index (χ1) is 12.5. The quantitative estimate of drug-likeness (QED) is 0.574. The minimum atomic E-state index is -3.63. The van der Waals surface area contributed by atoms with Crippen LogP contribution in [0.3, 0.4) is 0 Å². The smallest absolute Gasteiger partial charge is 0.262 e. The average molecular weight is 364 g/mol. The van der Waals surface area contributed by atoms with Gasteiger partial charge in [-0.2, -0.15) is 0 Å². The lowest BCUT2D eigenvalue weighted by Crippen LogP contribution is -2.14. The van der Waals surface area contributed by atoms with Gasteiger partial charge in [0.1, 0.15) is 5.52 Å². The Kier molecular flexibility index (Phi) is 3.97. The van der Waals surface area contributed by atoms with Gasteiger partial charge in [-0.25, -0.2) is 13.4 Å². The van der Waals surface area contributed by atoms with Crippen LogP contribution in [0.15, 0.2) is 82.1 Å². The molecule has 4 rings (SSSR count). The number of nitrogens with one attached hydrogen (secondary N) is 1. The number of oxazole rings is 1. The monoisotopic (exact) mass is 364 g/mol. The van der Waals surface area contributed by atoms with Crippen LogP contribution in [0.5, 0.6) is 0 Å². The fourth-order valence-corrected chi connectivity index (χ4v) is 4.05. The Morgan fingerprint density at radius 1 is 0.885 bits per heavy atom. The Labute approximate surface area is 151 Å². The molecule has 0 aliphatic carbocycles. The van der Waals surface area contributed by atoms with E-state index in [9.17, 15) is 8.42 Å². The molecule has 3 aromatic carbocycles. The van der Waals surface area contributed by atoms with E-state index in [2.05, 4.69) is 9.71 Å². The summed E-state index contributed by atoms with van der Waals surface area (Å²) in [6, 6.07) is 21.3. The summed E-state index contributed by atoms with van der Waals surface area (Å²) in [6.07, 6.45) is 0. The van der Waals surface area contributed by atoms with E-state index in [-0.39, 0.29) is 4.90 Å². The average Bonchev–Trinajstić information content (AvgIpc) is 3.06. The Balaban J connectivity index is 1.61. The van der Waals surface area contributed by atoms with Crippen LogP contribution in [0.25, 0.3) is 22.6 Å². The number of rotatable bonds is 4. The van der Waals surface area contributed by atoms with Crippen molar-refractivity contribution in [2.45, 2.75) is 11.8 Å². The third kappa shape index (κ3) is 3.07. The molecule has 0 bridgehead atoms. The van der Waals surface area contributed by atoms with Crippen LogP contribution >= 0.6 is 0 Å². The minimum Gasteiger partial charge on any atom is -0.436 e. The van der Waals surface area contributed by atoms with Crippen molar-refractivity contribution in [1.82, 2.24) is 4.98 Å². The van der Waals surface area contributed by atoms with E-state index in [1.165, 1.54) is 0 Å². The van der Waals surface area contributed by atoms with E-state index >= 15 is 0 Å². The highest BCUT2D eigenvalue weighted by molar-refractivity contribution is 7.92. The molecule has 6 heteroatoms. The number of anilines is 1. The lowest BCUT2D eigenvalue weighted by molar-refractivity contribution is 0.600. The maximum Gasteiger partial charge on any atom is 0.262 e. The molecule has 4 aromatic rings. The maximum atomic E-state index is 12.6. The van der Waals surface area contributed by atoms with Crippen LogP contribution in [0, 0.1) is 6.92 Å². The van der Waals surface area contributed by atoms with E-state index in [4.69, 9.17) is 4.42 Å². The van der Waals surface area contributed by atoms with Crippen molar-refractivity contribution < 1.29 is 12.8 Å². The van der Waals surface area contributed by atoms with E-state index < -0.39 is 10.0 Å². The normalized spacial score (nSPS) is 11.6. The number of fused-ring (bicyclic) bond motifs is 1. The second-order valence-electron chi connectivity index (χ2n) is 5.94. The summed E-state index contributed by atoms with van der Waals surface area (Å²) in [4.78, 5) is 4.71. The third-order valence-electron chi connectivity index (χ3n) is 4.06. The Morgan fingerprint density at radius 3 is 2.31 bits per heavy atom. The van der Waals surface area contributed by atoms with Gasteiger partial charge >= 0.3 is 0 Å². The van der Waals surface area contributed by atoms with Crippen LogP contribution in [0.1, 0.15) is 5.56 Å². The predicted octanol–water partition coefficient (Wildman–Crippen LogP) is 4.60. The molecule has 1 aromatic heterocycles. The Bertz CT molecular complexity index is 1150. The van der Waals surface area contributed by atoms with Gasteiger partial charge in [0, 0.05) is 11.3 Å². The highest BCUT2D eigenvalue weighted by Gasteiger charge is 2.16. The third-order valence-corrected chi connectivity index (χ3v) is 5.60. The van der Waals surface area contributed by atoms with Gasteiger partial charge < -0.3 is 4.42 Å². The van der Waals surface area contributed by atoms with E-state index in [1.807, 2.05) is 30.3 Å². The largest absolute Gasteiger partial charge is 0.436 e. The summed E-state index contributed by atoms with van der Waals surface area (Å²) in [5, 5.41) is 0. The molecule has 5 nitrogen and oxygen atoms in total. The molecule has 1 N–H and O–H groups in total. The van der Waals surface area contributed by atoms with Crippen molar-refractivity contribution in [3.8, 4) is 11.5 Å². The topological polar surface area (TPSA) is 72.2 Å². The summed E-state index contributed by atoms with van der Waals surface area (Å²) >= 11 is 0. The van der Waals surface area contributed by atoms with Crippen molar-refractivity contribution in [2.24, 2.45) is 0 Å². The molecule has 0 aliphatic heterocycles. The van der Waals surface area contributed by atoms with Crippen molar-refractivity contribution in [3.63, 3.8) is 0 Å². The molecule has 0 aliphatic rings. The standard InChI is InChI=1S/C20H16N2O3S/c1-14-6-2-5-9-19(14)26(23,24)22-16-12-10-15(11-13-16)20-21-17-7-3-4-8-18(17)25-20/h2-13,22H,1H3. The number of para-hydroxylation sites is 2. The first-order valence-electron chi connectivity index (χ1n) is 8.07. The summed E-state index contributed by atoms with van der Waals surface area (Å²) in [6.45, 7) is 1.77. The molecule has 0 saturated heterocycles. The summed E-state index contributed by atoms with van der Waals surface area (Å²) in [5.74, 6) is 0.500. The highest BCUT2D eigenvalue weighted by Crippen LogP contribution is 2.26. The van der Waals surface area contributed by atoms with Gasteiger partial charge in [-0.1, -0.05) is 30.3 Å². The molecule has 26 heavy (non-hydrogen) atoms. The molecule has 130 valence electrons. The first kappa shape index (κ1) is 16.4. The number of benzene rings is 3. The van der Waals surface area contributed by atoms with Crippen LogP contribution in [-0.4, -0.2) is 13.4 Å². The van der Waals surface area contributed by atoms with Crippen molar-refractivity contribution in [2.75, 3.05) is 4.72 Å². The summed E-state index contributed by atoms with van der Waals surface area (Å²) < 4.78 is 33.4. The number of nitrogens with zero attached hydrogens (tertiary/aromatic N) is 1. The molecular formula is C20H16N2O3S. The zero-order valence-electron chi connectivity index (χ0n) is 14.0. The highest BCUT2D eigenvalue weighted by atomic mass is 32.2. The van der Waals surface area contributed by atoms with Crippen molar-refractivity contribution in [3.05, 3.63) is 78.4 Å². The van der Waals surface area contributed by atoms with Crippen LogP contribution in [0.2, 0.25) is 0 Å². The molecule has 0 spiro atoms. The van der Waals surface area contributed by atoms with E-state index in [1.54, 1.807) is 49.4 Å². The van der Waals surface area contributed by atoms with Gasteiger partial charge in [0.2, 0.25) is 5.89 Å². The van der Waals surface area contributed by atoms with Gasteiger partial charge in [0.15, 0.2) is 5.58 Å². The SMILES string of the molecule is Cc1ccccc1S(=O)(=O)Nc1ccc(-c2nc3ccccc3o2)cc1. The second-order valence-corrected chi connectivity index (χ2v) is 7.59. The summed E-state index contributed by atoms with van der Waals surface area (Å²) in [5.41, 5.74) is 3.45. The van der Waals surface area contributed by atoms with Gasteiger partial charge in [-0.05, 0) is 55.0 Å². The minimum absolute atomic E-state index is 0.267. The number of hydrogen-bond donors (Lipinski definition) is 1. The summed E-state index contributed by atoms with van der Waals surface area (Å²) in [7, 11) is -3.63. The molecule has 0 saturated carbocycles. The lowest BCUT2D eigenvalue weighted by Gasteiger charge is -2.10. The zero-order chi connectivity index (χ0) is 18.1. The molecule has 0 unspecified atom stereocenters. The zero-order valence-corrected chi connectivity index (χ0v) is 14.8. The number of hydrogen-bond acceptors (Lipinski definition) is 4. The van der Waals surface area contributed by atoms with Crippen LogP contribution < -0.4 is 4.72 Å². The van der Waals surface area contributed by atoms with Gasteiger partial charge in [0.25, 0.3) is 10.0 Å². The molecule has 0 atom stereocenters. The van der Waals surface area contributed by atoms with Gasteiger partial charge in [0.05, 0.1) is 4.90 Å². The number of sulfonamides is 1. The number of aromatic nitrogens is 1. The molecule has 0 radical (unpaired) electrons. The van der Waals surface area contributed by atoms with Gasteiger partial charge in [-0.15, -0.1) is 0 Å². The first-order valence-corrected chi connectivity index (χ1v) is 9.56. The Hall–Kier alpha value is -3.12. The Morgan fingerprint density at radius 2 is 1.58 bits per heavy atom. The molecular weight excluding hydrogens is 348 g/mol. The van der Waals surface area contributed by atoms with Gasteiger partial charge in [-0.3, -0.25) is 4.72 Å². The molecule has 0 amide bonds. The fraction of sp³-hybridized carbons (Fsp3) is 0.0500. The van der Waals surface area contributed by atoms with Crippen molar-refractivity contribution >= 4 is 26.8 Å². The maximum absolute atomic E-state index is 12.6. The predicted molar refractivity (Wildman–Crippen MR) is 101 cm³/mol. The molecule has 1 heterocycles. The molecule has 0 fully saturated rings. The fourth-order valence-electron chi connectivity index (χ4n) is 2.74. The number of aryl methyl sites for hydroxylation is 1. The van der Waals surface area contributed by atoms with Crippen LogP contribution in [-0.2, 0) is 10.0 Å². The second kappa shape index (κ2) is 6.31. The van der Waals surface area contributed by atoms with Crippen LogP contribution in [0.4, 0.5) is 5.69 Å². The van der Waals surface area contributed by atoms with Crippen molar-refractivity contribution in [1.29, 1.82) is 0 Å². The lowest BCUT2D eigenvalue weighted by atomic mass is 10.2. The van der Waals surface area contributed by atoms with E-state index in [0.29, 0.717) is 22.7 Å². The van der Waals surface area contributed by atoms with E-state index in [0.717, 1.165) is 11.1 Å².